The van der Waals surface area contributed by atoms with Gasteiger partial charge in [0.25, 0.3) is 5.91 Å². The molecular weight excluding hydrogens is 356 g/mol. The molecule has 3 heterocycles. The molecule has 1 aliphatic rings. The normalized spacial score (nSPS) is 17.1. The highest BCUT2D eigenvalue weighted by molar-refractivity contribution is 5.96. The Bertz CT molecular complexity index is 990. The highest BCUT2D eigenvalue weighted by Gasteiger charge is 2.36. The minimum absolute atomic E-state index is 0.212. The van der Waals surface area contributed by atoms with Gasteiger partial charge in [0.05, 0.1) is 12.3 Å². The summed E-state index contributed by atoms with van der Waals surface area (Å²) in [5, 5.41) is 2.98. The Balaban J connectivity index is 1.59. The molecule has 6 nitrogen and oxygen atoms in total. The zero-order valence-corrected chi connectivity index (χ0v) is 15.8. The lowest BCUT2D eigenvalue weighted by atomic mass is 9.93. The molecule has 0 radical (unpaired) electrons. The first kappa shape index (κ1) is 18.1. The van der Waals surface area contributed by atoms with Crippen molar-refractivity contribution >= 4 is 11.8 Å². The number of furan rings is 2. The van der Waals surface area contributed by atoms with Crippen LogP contribution in [0.5, 0.6) is 0 Å². The molecule has 0 spiro atoms. The topological polar surface area (TPSA) is 75.7 Å². The first-order chi connectivity index (χ1) is 13.5. The Morgan fingerprint density at radius 1 is 1.11 bits per heavy atom. The summed E-state index contributed by atoms with van der Waals surface area (Å²) >= 11 is 0. The number of aryl methyl sites for hydroxylation is 1. The van der Waals surface area contributed by atoms with Gasteiger partial charge in [0.2, 0.25) is 5.91 Å². The van der Waals surface area contributed by atoms with Gasteiger partial charge in [0.1, 0.15) is 17.6 Å². The SMILES string of the molecule is Cc1ccc(C(C)NC(=O)C2Cc3ccccc3CN2C(=O)c2ccco2)o1. The number of carbonyl (C=O) groups excluding carboxylic acids is 2. The van der Waals surface area contributed by atoms with E-state index in [-0.39, 0.29) is 23.6 Å². The second kappa shape index (κ2) is 7.38. The fraction of sp³-hybridized carbons (Fsp3) is 0.273. The summed E-state index contributed by atoms with van der Waals surface area (Å²) in [7, 11) is 0. The summed E-state index contributed by atoms with van der Waals surface area (Å²) in [6.07, 6.45) is 1.92. The second-order valence-corrected chi connectivity index (χ2v) is 7.08. The number of carbonyl (C=O) groups is 2. The Morgan fingerprint density at radius 3 is 2.57 bits per heavy atom. The highest BCUT2D eigenvalue weighted by Crippen LogP contribution is 2.26. The molecule has 2 atom stereocenters. The molecular formula is C22H22N2O4. The Morgan fingerprint density at radius 2 is 1.89 bits per heavy atom. The molecule has 1 aliphatic heterocycles. The van der Waals surface area contributed by atoms with Crippen LogP contribution in [-0.4, -0.2) is 22.8 Å². The minimum Gasteiger partial charge on any atom is -0.464 e. The van der Waals surface area contributed by atoms with Crippen molar-refractivity contribution in [3.8, 4) is 0 Å². The van der Waals surface area contributed by atoms with Gasteiger partial charge in [0.15, 0.2) is 5.76 Å². The largest absolute Gasteiger partial charge is 0.464 e. The van der Waals surface area contributed by atoms with Crippen molar-refractivity contribution in [3.63, 3.8) is 0 Å². The van der Waals surface area contributed by atoms with Crippen LogP contribution in [0.1, 0.15) is 46.2 Å². The standard InChI is InChI=1S/C22H22N2O4/c1-14-9-10-19(28-14)15(2)23-21(25)18-12-16-6-3-4-7-17(16)13-24(18)22(26)20-8-5-11-27-20/h3-11,15,18H,12-13H2,1-2H3,(H,23,25). The van der Waals surface area contributed by atoms with Gasteiger partial charge >= 0.3 is 0 Å². The zero-order chi connectivity index (χ0) is 19.7. The molecule has 0 fully saturated rings. The predicted molar refractivity (Wildman–Crippen MR) is 103 cm³/mol. The van der Waals surface area contributed by atoms with E-state index < -0.39 is 6.04 Å². The molecule has 2 unspecified atom stereocenters. The zero-order valence-electron chi connectivity index (χ0n) is 15.8. The van der Waals surface area contributed by atoms with Crippen molar-refractivity contribution in [2.24, 2.45) is 0 Å². The smallest absolute Gasteiger partial charge is 0.290 e. The van der Waals surface area contributed by atoms with Crippen molar-refractivity contribution in [1.29, 1.82) is 0 Å². The van der Waals surface area contributed by atoms with Crippen LogP contribution < -0.4 is 5.32 Å². The number of nitrogens with zero attached hydrogens (tertiary/aromatic N) is 1. The third-order valence-electron chi connectivity index (χ3n) is 5.09. The van der Waals surface area contributed by atoms with Gasteiger partial charge in [-0.05, 0) is 49.2 Å². The van der Waals surface area contributed by atoms with E-state index in [1.165, 1.54) is 6.26 Å². The Hall–Kier alpha value is -3.28. The highest BCUT2D eigenvalue weighted by atomic mass is 16.3. The lowest BCUT2D eigenvalue weighted by Crippen LogP contribution is -2.52. The minimum atomic E-state index is -0.619. The molecule has 1 aromatic carbocycles. The third kappa shape index (κ3) is 3.45. The van der Waals surface area contributed by atoms with Gasteiger partial charge < -0.3 is 19.1 Å². The van der Waals surface area contributed by atoms with Crippen LogP contribution >= 0.6 is 0 Å². The van der Waals surface area contributed by atoms with E-state index in [0.717, 1.165) is 16.9 Å². The summed E-state index contributed by atoms with van der Waals surface area (Å²) in [4.78, 5) is 27.7. The van der Waals surface area contributed by atoms with Crippen LogP contribution in [0.3, 0.4) is 0 Å². The average molecular weight is 378 g/mol. The first-order valence-electron chi connectivity index (χ1n) is 9.31. The van der Waals surface area contributed by atoms with Gasteiger partial charge in [-0.1, -0.05) is 24.3 Å². The summed E-state index contributed by atoms with van der Waals surface area (Å²) in [5.41, 5.74) is 2.12. The molecule has 3 aromatic rings. The van der Waals surface area contributed by atoms with Crippen molar-refractivity contribution in [3.05, 3.63) is 83.2 Å². The van der Waals surface area contributed by atoms with E-state index in [9.17, 15) is 9.59 Å². The maximum absolute atomic E-state index is 13.1. The van der Waals surface area contributed by atoms with Crippen LogP contribution in [0.25, 0.3) is 0 Å². The maximum Gasteiger partial charge on any atom is 0.290 e. The molecule has 28 heavy (non-hydrogen) atoms. The van der Waals surface area contributed by atoms with Crippen molar-refractivity contribution < 1.29 is 18.4 Å². The maximum atomic E-state index is 13.1. The first-order valence-corrected chi connectivity index (χ1v) is 9.31. The fourth-order valence-electron chi connectivity index (χ4n) is 3.58. The summed E-state index contributed by atoms with van der Waals surface area (Å²) in [6.45, 7) is 4.09. The number of benzene rings is 1. The molecule has 6 heteroatoms. The van der Waals surface area contributed by atoms with Crippen molar-refractivity contribution in [2.45, 2.75) is 38.9 Å². The van der Waals surface area contributed by atoms with Gasteiger partial charge in [-0.3, -0.25) is 9.59 Å². The van der Waals surface area contributed by atoms with Crippen molar-refractivity contribution in [1.82, 2.24) is 10.2 Å². The molecule has 4 rings (SSSR count). The van der Waals surface area contributed by atoms with Crippen molar-refractivity contribution in [2.75, 3.05) is 0 Å². The number of hydrogen-bond donors (Lipinski definition) is 1. The number of nitrogens with one attached hydrogen (secondary N) is 1. The lowest BCUT2D eigenvalue weighted by molar-refractivity contribution is -0.127. The Kier molecular flexibility index (Phi) is 4.77. The van der Waals surface area contributed by atoms with E-state index >= 15 is 0 Å². The van der Waals surface area contributed by atoms with E-state index in [2.05, 4.69) is 5.32 Å². The van der Waals surface area contributed by atoms with Crippen LogP contribution in [0.15, 0.2) is 63.6 Å². The van der Waals surface area contributed by atoms with Gasteiger partial charge in [0, 0.05) is 13.0 Å². The van der Waals surface area contributed by atoms with Crippen LogP contribution in [-0.2, 0) is 17.8 Å². The van der Waals surface area contributed by atoms with Crippen LogP contribution in [0.4, 0.5) is 0 Å². The third-order valence-corrected chi connectivity index (χ3v) is 5.09. The molecule has 0 saturated carbocycles. The van der Waals surface area contributed by atoms with Gasteiger partial charge in [-0.2, -0.15) is 0 Å². The fourth-order valence-corrected chi connectivity index (χ4v) is 3.58. The summed E-state index contributed by atoms with van der Waals surface area (Å²) in [5.74, 6) is 1.20. The van der Waals surface area contributed by atoms with Gasteiger partial charge in [-0.25, -0.2) is 0 Å². The van der Waals surface area contributed by atoms with E-state index in [1.807, 2.05) is 50.2 Å². The number of fused-ring (bicyclic) bond motifs is 1. The van der Waals surface area contributed by atoms with E-state index in [0.29, 0.717) is 18.7 Å². The second-order valence-electron chi connectivity index (χ2n) is 7.08. The number of hydrogen-bond acceptors (Lipinski definition) is 4. The van der Waals surface area contributed by atoms with E-state index in [1.54, 1.807) is 17.0 Å². The molecule has 0 bridgehead atoms. The molecule has 2 amide bonds. The van der Waals surface area contributed by atoms with E-state index in [4.69, 9.17) is 8.83 Å². The van der Waals surface area contributed by atoms with Gasteiger partial charge in [-0.15, -0.1) is 0 Å². The summed E-state index contributed by atoms with van der Waals surface area (Å²) in [6, 6.07) is 14.0. The summed E-state index contributed by atoms with van der Waals surface area (Å²) < 4.78 is 10.9. The monoisotopic (exact) mass is 378 g/mol. The quantitative estimate of drug-likeness (QED) is 0.752. The Labute approximate surface area is 163 Å². The average Bonchev–Trinajstić information content (AvgIpc) is 3.38. The molecule has 0 saturated heterocycles. The lowest BCUT2D eigenvalue weighted by Gasteiger charge is -2.36. The number of amides is 2. The number of rotatable bonds is 4. The molecule has 1 N–H and O–H groups in total. The predicted octanol–water partition coefficient (Wildman–Crippen LogP) is 3.63. The van der Waals surface area contributed by atoms with Crippen LogP contribution in [0.2, 0.25) is 0 Å². The van der Waals surface area contributed by atoms with Crippen LogP contribution in [0, 0.1) is 6.92 Å². The molecule has 2 aromatic heterocycles. The molecule has 0 aliphatic carbocycles. The molecule has 144 valence electrons.